The number of hydrogen-bond acceptors (Lipinski definition) is 4. The molecule has 122 valence electrons. The van der Waals surface area contributed by atoms with Gasteiger partial charge in [0.1, 0.15) is 0 Å². The van der Waals surface area contributed by atoms with Gasteiger partial charge in [0.05, 0.1) is 12.3 Å². The fourth-order valence-electron chi connectivity index (χ4n) is 2.88. The Morgan fingerprint density at radius 2 is 1.25 bits per heavy atom. The number of unbranched alkanes of at least 4 members (excludes halogenated alkanes) is 5. The zero-order valence-corrected chi connectivity index (χ0v) is 14.3. The predicted molar refractivity (Wildman–Crippen MR) is 89.7 cm³/mol. The van der Waals surface area contributed by atoms with Gasteiger partial charge in [-0.2, -0.15) is 0 Å². The Kier molecular flexibility index (Phi) is 13.7. The first-order valence-corrected chi connectivity index (χ1v) is 8.55. The van der Waals surface area contributed by atoms with Gasteiger partial charge in [-0.3, -0.25) is 4.90 Å². The summed E-state index contributed by atoms with van der Waals surface area (Å²) in [4.78, 5) is 2.58. The second-order valence-electron chi connectivity index (χ2n) is 5.57. The van der Waals surface area contributed by atoms with Crippen molar-refractivity contribution < 1.29 is 0 Å². The molecule has 0 saturated carbocycles. The van der Waals surface area contributed by atoms with Crippen molar-refractivity contribution >= 4 is 0 Å². The average Bonchev–Trinajstić information content (AvgIpc) is 2.48. The van der Waals surface area contributed by atoms with Crippen LogP contribution in [0.2, 0.25) is 0 Å². The highest BCUT2D eigenvalue weighted by atomic mass is 15.3. The van der Waals surface area contributed by atoms with Crippen molar-refractivity contribution in [3.63, 3.8) is 0 Å². The van der Waals surface area contributed by atoms with E-state index in [0.29, 0.717) is 12.3 Å². The van der Waals surface area contributed by atoms with E-state index in [0.717, 1.165) is 19.4 Å². The smallest absolute Gasteiger partial charge is 0.0605 e. The lowest BCUT2D eigenvalue weighted by molar-refractivity contribution is 0.0889. The summed E-state index contributed by atoms with van der Waals surface area (Å²) in [6, 6.07) is 0. The zero-order valence-electron chi connectivity index (χ0n) is 14.3. The molecule has 0 aliphatic heterocycles. The molecule has 20 heavy (non-hydrogen) atoms. The minimum absolute atomic E-state index is 0.477. The van der Waals surface area contributed by atoms with Gasteiger partial charge in [-0.15, -0.1) is 0 Å². The van der Waals surface area contributed by atoms with E-state index in [4.69, 9.17) is 5.73 Å². The molecule has 0 aliphatic rings. The van der Waals surface area contributed by atoms with Crippen LogP contribution in [0.3, 0.4) is 0 Å². The first kappa shape index (κ1) is 19.8. The molecule has 4 nitrogen and oxygen atoms in total. The van der Waals surface area contributed by atoms with E-state index < -0.39 is 0 Å². The standard InChI is InChI=1S/C16H38N4/c1-5-15(18-3)20(16(6-2)19-4)14-12-10-8-7-9-11-13-17/h15-16,18-19H,5-14,17H2,1-4H3. The fourth-order valence-corrected chi connectivity index (χ4v) is 2.88. The summed E-state index contributed by atoms with van der Waals surface area (Å²) < 4.78 is 0. The number of nitrogens with one attached hydrogen (secondary N) is 2. The van der Waals surface area contributed by atoms with Gasteiger partial charge in [-0.05, 0) is 46.3 Å². The van der Waals surface area contributed by atoms with Gasteiger partial charge >= 0.3 is 0 Å². The molecule has 0 heterocycles. The number of nitrogens with zero attached hydrogens (tertiary/aromatic N) is 1. The van der Waals surface area contributed by atoms with E-state index in [1.807, 2.05) is 0 Å². The third kappa shape index (κ3) is 8.20. The average molecular weight is 287 g/mol. The SMILES string of the molecule is CCC(NC)N(CCCCCCCCN)C(CC)NC. The number of hydrogen-bond donors (Lipinski definition) is 3. The van der Waals surface area contributed by atoms with Crippen LogP contribution < -0.4 is 16.4 Å². The van der Waals surface area contributed by atoms with Crippen LogP contribution in [-0.2, 0) is 0 Å². The van der Waals surface area contributed by atoms with Gasteiger partial charge < -0.3 is 16.4 Å². The molecule has 4 heteroatoms. The first-order chi connectivity index (χ1) is 9.74. The molecule has 0 rings (SSSR count). The third-order valence-electron chi connectivity index (χ3n) is 4.11. The Hall–Kier alpha value is -0.160. The predicted octanol–water partition coefficient (Wildman–Crippen LogP) is 2.50. The van der Waals surface area contributed by atoms with Crippen LogP contribution >= 0.6 is 0 Å². The van der Waals surface area contributed by atoms with Crippen molar-refractivity contribution in [3.8, 4) is 0 Å². The topological polar surface area (TPSA) is 53.3 Å². The van der Waals surface area contributed by atoms with Crippen LogP contribution in [0.25, 0.3) is 0 Å². The highest BCUT2D eigenvalue weighted by Crippen LogP contribution is 2.12. The molecule has 0 spiro atoms. The van der Waals surface area contributed by atoms with Gasteiger partial charge in [0.2, 0.25) is 0 Å². The van der Waals surface area contributed by atoms with E-state index in [-0.39, 0.29) is 0 Å². The molecule has 2 atom stereocenters. The lowest BCUT2D eigenvalue weighted by Gasteiger charge is -2.37. The van der Waals surface area contributed by atoms with E-state index in [9.17, 15) is 0 Å². The van der Waals surface area contributed by atoms with Crippen molar-refractivity contribution in [1.82, 2.24) is 15.5 Å². The summed E-state index contributed by atoms with van der Waals surface area (Å²) in [6.07, 6.45) is 11.0. The molecule has 0 fully saturated rings. The Morgan fingerprint density at radius 3 is 1.65 bits per heavy atom. The third-order valence-corrected chi connectivity index (χ3v) is 4.11. The molecule has 0 aromatic carbocycles. The van der Waals surface area contributed by atoms with E-state index >= 15 is 0 Å². The summed E-state index contributed by atoms with van der Waals surface area (Å²) in [5, 5.41) is 6.88. The highest BCUT2D eigenvalue weighted by Gasteiger charge is 2.21. The van der Waals surface area contributed by atoms with Crippen LogP contribution in [0.15, 0.2) is 0 Å². The van der Waals surface area contributed by atoms with Crippen molar-refractivity contribution in [2.75, 3.05) is 27.2 Å². The van der Waals surface area contributed by atoms with Crippen LogP contribution in [-0.4, -0.2) is 44.4 Å². The molecule has 2 unspecified atom stereocenters. The molecule has 0 aromatic rings. The second-order valence-corrected chi connectivity index (χ2v) is 5.57. The first-order valence-electron chi connectivity index (χ1n) is 8.55. The van der Waals surface area contributed by atoms with Gasteiger partial charge in [0, 0.05) is 6.54 Å². The summed E-state index contributed by atoms with van der Waals surface area (Å²) in [6.45, 7) is 6.52. The second kappa shape index (κ2) is 13.8. The zero-order chi connectivity index (χ0) is 15.2. The maximum atomic E-state index is 5.52. The molecule has 0 aromatic heterocycles. The molecule has 4 N–H and O–H groups in total. The van der Waals surface area contributed by atoms with Gasteiger partial charge in [0.15, 0.2) is 0 Å². The van der Waals surface area contributed by atoms with Crippen LogP contribution in [0, 0.1) is 0 Å². The van der Waals surface area contributed by atoms with Crippen LogP contribution in [0.4, 0.5) is 0 Å². The van der Waals surface area contributed by atoms with Gasteiger partial charge in [0.25, 0.3) is 0 Å². The van der Waals surface area contributed by atoms with E-state index in [2.05, 4.69) is 43.5 Å². The van der Waals surface area contributed by atoms with Crippen LogP contribution in [0.1, 0.15) is 65.2 Å². The molecule has 0 bridgehead atoms. The summed E-state index contributed by atoms with van der Waals surface area (Å²) in [7, 11) is 4.13. The summed E-state index contributed by atoms with van der Waals surface area (Å²) >= 11 is 0. The molecule has 0 aliphatic carbocycles. The molecular formula is C16H38N4. The maximum Gasteiger partial charge on any atom is 0.0605 e. The highest BCUT2D eigenvalue weighted by molar-refractivity contribution is 4.73. The molecule has 0 amide bonds. The minimum Gasteiger partial charge on any atom is -0.330 e. The molecule has 0 radical (unpaired) electrons. The number of rotatable bonds is 14. The summed E-state index contributed by atoms with van der Waals surface area (Å²) in [5.74, 6) is 0. The monoisotopic (exact) mass is 286 g/mol. The Morgan fingerprint density at radius 1 is 0.800 bits per heavy atom. The Balaban J connectivity index is 4.03. The van der Waals surface area contributed by atoms with Crippen molar-refractivity contribution in [2.24, 2.45) is 5.73 Å². The van der Waals surface area contributed by atoms with Crippen molar-refractivity contribution in [3.05, 3.63) is 0 Å². The molecular weight excluding hydrogens is 248 g/mol. The van der Waals surface area contributed by atoms with E-state index in [1.165, 1.54) is 45.1 Å². The Bertz CT molecular complexity index is 179. The van der Waals surface area contributed by atoms with Crippen molar-refractivity contribution in [1.29, 1.82) is 0 Å². The van der Waals surface area contributed by atoms with Crippen molar-refractivity contribution in [2.45, 2.75) is 77.5 Å². The van der Waals surface area contributed by atoms with Gasteiger partial charge in [-0.1, -0.05) is 39.5 Å². The van der Waals surface area contributed by atoms with Gasteiger partial charge in [-0.25, -0.2) is 0 Å². The van der Waals surface area contributed by atoms with E-state index in [1.54, 1.807) is 0 Å². The Labute approximate surface area is 126 Å². The lowest BCUT2D eigenvalue weighted by Crippen LogP contribution is -2.54. The molecule has 0 saturated heterocycles. The fraction of sp³-hybridized carbons (Fsp3) is 1.00. The maximum absolute atomic E-state index is 5.52. The lowest BCUT2D eigenvalue weighted by atomic mass is 10.1. The number of nitrogens with two attached hydrogens (primary N) is 1. The largest absolute Gasteiger partial charge is 0.330 e. The minimum atomic E-state index is 0.477. The quantitative estimate of drug-likeness (QED) is 0.339. The summed E-state index contributed by atoms with van der Waals surface area (Å²) in [5.41, 5.74) is 5.52. The normalized spacial score (nSPS) is 14.7. The van der Waals surface area contributed by atoms with Crippen LogP contribution in [0.5, 0.6) is 0 Å².